The van der Waals surface area contributed by atoms with Crippen LogP contribution in [0.4, 0.5) is 0 Å². The van der Waals surface area contributed by atoms with Gasteiger partial charge in [0.05, 0.1) is 6.10 Å². The van der Waals surface area contributed by atoms with Crippen LogP contribution in [-0.2, 0) is 0 Å². The Morgan fingerprint density at radius 1 is 1.31 bits per heavy atom. The molecule has 1 aromatic carbocycles. The van der Waals surface area contributed by atoms with E-state index < -0.39 is 12.2 Å². The molecule has 0 radical (unpaired) electrons. The Morgan fingerprint density at radius 3 is 2.46 bits per heavy atom. The molecule has 2 N–H and O–H groups in total. The fraction of sp³-hybridized carbons (Fsp3) is 0.400. The zero-order chi connectivity index (χ0) is 9.84. The lowest BCUT2D eigenvalue weighted by Crippen LogP contribution is -2.20. The van der Waals surface area contributed by atoms with Crippen LogP contribution in [-0.4, -0.2) is 22.1 Å². The summed E-state index contributed by atoms with van der Waals surface area (Å²) in [6, 6.07) is 7.46. The molecule has 72 valence electrons. The summed E-state index contributed by atoms with van der Waals surface area (Å²) < 4.78 is 0. The monoisotopic (exact) mass is 198 g/mol. The average molecular weight is 198 g/mol. The van der Waals surface area contributed by atoms with E-state index in [1.165, 1.54) is 0 Å². The molecule has 0 amide bonds. The lowest BCUT2D eigenvalue weighted by Gasteiger charge is -2.17. The lowest BCUT2D eigenvalue weighted by atomic mass is 10.0. The number of hydrogen-bond donors (Lipinski definition) is 3. The van der Waals surface area contributed by atoms with Crippen molar-refractivity contribution < 1.29 is 10.2 Å². The van der Waals surface area contributed by atoms with Crippen LogP contribution in [0.3, 0.4) is 0 Å². The summed E-state index contributed by atoms with van der Waals surface area (Å²) in [5, 5.41) is 19.0. The van der Waals surface area contributed by atoms with Gasteiger partial charge < -0.3 is 10.2 Å². The molecular weight excluding hydrogens is 184 g/mol. The van der Waals surface area contributed by atoms with Crippen LogP contribution < -0.4 is 0 Å². The van der Waals surface area contributed by atoms with E-state index in [1.54, 1.807) is 0 Å². The van der Waals surface area contributed by atoms with Gasteiger partial charge in [0.25, 0.3) is 0 Å². The van der Waals surface area contributed by atoms with Gasteiger partial charge in [-0.15, -0.1) is 0 Å². The maximum Gasteiger partial charge on any atom is 0.106 e. The Morgan fingerprint density at radius 2 is 1.92 bits per heavy atom. The molecule has 0 bridgehead atoms. The predicted octanol–water partition coefficient (Wildman–Crippen LogP) is 1.32. The fourth-order valence-electron chi connectivity index (χ4n) is 1.23. The van der Waals surface area contributed by atoms with Gasteiger partial charge in [-0.3, -0.25) is 0 Å². The van der Waals surface area contributed by atoms with Crippen molar-refractivity contribution in [3.8, 4) is 0 Å². The topological polar surface area (TPSA) is 40.5 Å². The van der Waals surface area contributed by atoms with E-state index in [4.69, 9.17) is 0 Å². The molecule has 0 aliphatic rings. The van der Waals surface area contributed by atoms with Crippen LogP contribution in [0.5, 0.6) is 0 Å². The normalized spacial score (nSPS) is 15.4. The predicted molar refractivity (Wildman–Crippen MR) is 56.0 cm³/mol. The third-order valence-corrected chi connectivity index (χ3v) is 2.43. The number of hydrogen-bond acceptors (Lipinski definition) is 3. The van der Waals surface area contributed by atoms with Crippen molar-refractivity contribution in [1.82, 2.24) is 0 Å². The van der Waals surface area contributed by atoms with Gasteiger partial charge in [-0.1, -0.05) is 24.3 Å². The minimum absolute atomic E-state index is 0.259. The van der Waals surface area contributed by atoms with Crippen molar-refractivity contribution in [3.63, 3.8) is 0 Å². The number of aryl methyl sites for hydroxylation is 1. The Labute approximate surface area is 83.6 Å². The number of benzene rings is 1. The van der Waals surface area contributed by atoms with Gasteiger partial charge >= 0.3 is 0 Å². The summed E-state index contributed by atoms with van der Waals surface area (Å²) >= 11 is 3.93. The van der Waals surface area contributed by atoms with Gasteiger partial charge in [-0.2, -0.15) is 12.6 Å². The first kappa shape index (κ1) is 10.6. The molecule has 0 saturated carbocycles. The Balaban J connectivity index is 2.88. The van der Waals surface area contributed by atoms with Gasteiger partial charge in [0.2, 0.25) is 0 Å². The van der Waals surface area contributed by atoms with Crippen LogP contribution in [0.15, 0.2) is 24.3 Å². The Bertz CT molecular complexity index is 275. The molecule has 0 aromatic heterocycles. The summed E-state index contributed by atoms with van der Waals surface area (Å²) in [6.45, 7) is 1.91. The first-order valence-electron chi connectivity index (χ1n) is 4.19. The summed E-state index contributed by atoms with van der Waals surface area (Å²) in [4.78, 5) is 0. The molecule has 13 heavy (non-hydrogen) atoms. The molecule has 1 aromatic rings. The Hall–Kier alpha value is -0.510. The van der Waals surface area contributed by atoms with Crippen LogP contribution in [0.2, 0.25) is 0 Å². The smallest absolute Gasteiger partial charge is 0.106 e. The first-order chi connectivity index (χ1) is 6.16. The third-order valence-electron chi connectivity index (χ3n) is 2.06. The maximum absolute atomic E-state index is 9.67. The molecule has 0 saturated heterocycles. The number of thiol groups is 1. The summed E-state index contributed by atoms with van der Waals surface area (Å²) in [5.41, 5.74) is 1.75. The average Bonchev–Trinajstić information content (AvgIpc) is 2.16. The van der Waals surface area contributed by atoms with E-state index in [1.807, 2.05) is 31.2 Å². The van der Waals surface area contributed by atoms with Gasteiger partial charge in [0.1, 0.15) is 6.10 Å². The molecule has 0 aliphatic heterocycles. The van der Waals surface area contributed by atoms with E-state index in [2.05, 4.69) is 12.6 Å². The van der Waals surface area contributed by atoms with Crippen LogP contribution in [0, 0.1) is 6.92 Å². The van der Waals surface area contributed by atoms with Crippen molar-refractivity contribution in [2.24, 2.45) is 0 Å². The van der Waals surface area contributed by atoms with Gasteiger partial charge in [0, 0.05) is 5.75 Å². The minimum atomic E-state index is -0.835. The van der Waals surface area contributed by atoms with Gasteiger partial charge in [0.15, 0.2) is 0 Å². The second-order valence-corrected chi connectivity index (χ2v) is 3.42. The summed E-state index contributed by atoms with van der Waals surface area (Å²) in [6.07, 6.45) is -1.64. The molecule has 2 atom stereocenters. The number of aliphatic hydroxyl groups is 2. The molecule has 0 aliphatic carbocycles. The van der Waals surface area contributed by atoms with Crippen LogP contribution >= 0.6 is 12.6 Å². The highest BCUT2D eigenvalue weighted by molar-refractivity contribution is 7.80. The highest BCUT2D eigenvalue weighted by atomic mass is 32.1. The van der Waals surface area contributed by atoms with Gasteiger partial charge in [-0.05, 0) is 18.1 Å². The molecule has 0 fully saturated rings. The van der Waals surface area contributed by atoms with Gasteiger partial charge in [-0.25, -0.2) is 0 Å². The number of rotatable bonds is 3. The van der Waals surface area contributed by atoms with E-state index in [0.717, 1.165) is 11.1 Å². The molecule has 2 unspecified atom stereocenters. The molecule has 3 heteroatoms. The molecule has 1 rings (SSSR count). The minimum Gasteiger partial charge on any atom is -0.389 e. The van der Waals surface area contributed by atoms with Crippen molar-refractivity contribution >= 4 is 12.6 Å². The van der Waals surface area contributed by atoms with E-state index >= 15 is 0 Å². The SMILES string of the molecule is Cc1ccccc1C(O)C(O)CS. The second kappa shape index (κ2) is 4.65. The number of aliphatic hydroxyl groups excluding tert-OH is 2. The summed E-state index contributed by atoms with van der Waals surface area (Å²) in [5.74, 6) is 0.259. The fourth-order valence-corrected chi connectivity index (χ4v) is 1.43. The van der Waals surface area contributed by atoms with Crippen LogP contribution in [0.1, 0.15) is 17.2 Å². The van der Waals surface area contributed by atoms with Crippen LogP contribution in [0.25, 0.3) is 0 Å². The molecule has 0 spiro atoms. The van der Waals surface area contributed by atoms with Crippen molar-refractivity contribution in [2.75, 3.05) is 5.75 Å². The maximum atomic E-state index is 9.67. The van der Waals surface area contributed by atoms with E-state index in [9.17, 15) is 10.2 Å². The molecule has 2 nitrogen and oxygen atoms in total. The van der Waals surface area contributed by atoms with Crippen molar-refractivity contribution in [3.05, 3.63) is 35.4 Å². The first-order valence-corrected chi connectivity index (χ1v) is 4.82. The van der Waals surface area contributed by atoms with Crippen molar-refractivity contribution in [1.29, 1.82) is 0 Å². The second-order valence-electron chi connectivity index (χ2n) is 3.05. The highest BCUT2D eigenvalue weighted by Gasteiger charge is 2.17. The molecule has 0 heterocycles. The summed E-state index contributed by atoms with van der Waals surface area (Å²) in [7, 11) is 0. The highest BCUT2D eigenvalue weighted by Crippen LogP contribution is 2.20. The zero-order valence-corrected chi connectivity index (χ0v) is 8.41. The van der Waals surface area contributed by atoms with E-state index in [0.29, 0.717) is 0 Å². The van der Waals surface area contributed by atoms with Crippen molar-refractivity contribution in [2.45, 2.75) is 19.1 Å². The largest absolute Gasteiger partial charge is 0.389 e. The quantitative estimate of drug-likeness (QED) is 0.641. The standard InChI is InChI=1S/C10H14O2S/c1-7-4-2-3-5-8(7)10(12)9(11)6-13/h2-5,9-13H,6H2,1H3. The Kier molecular flexibility index (Phi) is 3.78. The van der Waals surface area contributed by atoms with E-state index in [-0.39, 0.29) is 5.75 Å². The third kappa shape index (κ3) is 2.46. The zero-order valence-electron chi connectivity index (χ0n) is 7.51. The lowest BCUT2D eigenvalue weighted by molar-refractivity contribution is 0.0334. The molecular formula is C10H14O2S.